The molecule has 0 atom stereocenters. The highest BCUT2D eigenvalue weighted by Gasteiger charge is 2.33. The normalized spacial score (nSPS) is 10.2. The van der Waals surface area contributed by atoms with E-state index in [4.69, 9.17) is 17.1 Å². The van der Waals surface area contributed by atoms with Gasteiger partial charge in [0.1, 0.15) is 5.15 Å². The molecule has 1 rings (SSSR count). The summed E-state index contributed by atoms with van der Waals surface area (Å²) in [6, 6.07) is 1.05. The van der Waals surface area contributed by atoms with Gasteiger partial charge in [0, 0.05) is 29.6 Å². The van der Waals surface area contributed by atoms with Gasteiger partial charge in [0.2, 0.25) is 0 Å². The molecule has 0 unspecified atom stereocenters. The zero-order chi connectivity index (χ0) is 13.6. The molecule has 8 heteroatoms. The number of rotatable bonds is 2. The highest BCUT2D eigenvalue weighted by Crippen LogP contribution is 2.31. The maximum absolute atomic E-state index is 12.6. The van der Waals surface area contributed by atoms with Crippen LogP contribution in [0.15, 0.2) is 17.4 Å². The molecular weight excluding hydrogens is 269 g/mol. The average molecular weight is 275 g/mol. The number of aromatic nitrogens is 1. The van der Waals surface area contributed by atoms with Gasteiger partial charge in [-0.05, 0) is 11.6 Å². The van der Waals surface area contributed by atoms with E-state index in [0.29, 0.717) is 6.20 Å². The summed E-state index contributed by atoms with van der Waals surface area (Å²) in [4.78, 5) is 5.87. The van der Waals surface area contributed by atoms with Crippen molar-refractivity contribution in [3.63, 3.8) is 0 Å². The van der Waals surface area contributed by atoms with Gasteiger partial charge in [-0.15, -0.1) is 0 Å². The van der Waals surface area contributed by atoms with Crippen LogP contribution in [0.25, 0.3) is 10.4 Å². The summed E-state index contributed by atoms with van der Waals surface area (Å²) in [5.41, 5.74) is 6.82. The summed E-state index contributed by atoms with van der Waals surface area (Å²) >= 11 is 5.52. The number of hydrogen-bond donors (Lipinski definition) is 0. The van der Waals surface area contributed by atoms with E-state index in [9.17, 15) is 13.2 Å². The lowest BCUT2D eigenvalue weighted by Crippen LogP contribution is -2.08. The van der Waals surface area contributed by atoms with Crippen molar-refractivity contribution in [3.05, 3.63) is 39.0 Å². The van der Waals surface area contributed by atoms with Crippen LogP contribution in [0.5, 0.6) is 0 Å². The van der Waals surface area contributed by atoms with E-state index < -0.39 is 11.7 Å². The Hall–Kier alpha value is -1.90. The molecule has 1 heterocycles. The molecule has 94 valence electrons. The lowest BCUT2D eigenvalue weighted by Gasteiger charge is -2.08. The van der Waals surface area contributed by atoms with E-state index in [0.717, 1.165) is 6.07 Å². The van der Waals surface area contributed by atoms with Gasteiger partial charge in [-0.2, -0.15) is 13.2 Å². The van der Waals surface area contributed by atoms with Crippen molar-refractivity contribution in [2.75, 3.05) is 6.54 Å². The van der Waals surface area contributed by atoms with Crippen molar-refractivity contribution >= 4 is 11.6 Å². The molecule has 0 aliphatic heterocycles. The predicted molar refractivity (Wildman–Crippen MR) is 59.8 cm³/mol. The summed E-state index contributed by atoms with van der Waals surface area (Å²) in [7, 11) is 0. The third kappa shape index (κ3) is 4.17. The minimum Gasteiger partial charge on any atom is -0.244 e. The highest BCUT2D eigenvalue weighted by molar-refractivity contribution is 6.29. The van der Waals surface area contributed by atoms with Gasteiger partial charge in [0.05, 0.1) is 5.56 Å². The molecule has 0 aliphatic carbocycles. The minimum absolute atomic E-state index is 0.0673. The standard InChI is InChI=1S/C10H6ClF3N4/c11-9-5-7(3-1-2-4-17-18-15)8(6-16-9)10(12,13)14/h5-6H,2,4H2. The van der Waals surface area contributed by atoms with Crippen molar-refractivity contribution in [1.29, 1.82) is 0 Å². The third-order valence-electron chi connectivity index (χ3n) is 1.80. The van der Waals surface area contributed by atoms with E-state index >= 15 is 0 Å². The molecule has 1 aromatic rings. The van der Waals surface area contributed by atoms with E-state index in [1.54, 1.807) is 0 Å². The van der Waals surface area contributed by atoms with Gasteiger partial charge in [-0.3, -0.25) is 0 Å². The molecule has 0 bridgehead atoms. The van der Waals surface area contributed by atoms with Crippen LogP contribution < -0.4 is 0 Å². The maximum Gasteiger partial charge on any atom is 0.419 e. The van der Waals surface area contributed by atoms with Crippen LogP contribution in [-0.4, -0.2) is 11.5 Å². The first-order valence-electron chi connectivity index (χ1n) is 4.67. The Balaban J connectivity index is 2.99. The average Bonchev–Trinajstić information content (AvgIpc) is 2.27. The number of halogens is 4. The second kappa shape index (κ2) is 6.15. The lowest BCUT2D eigenvalue weighted by molar-refractivity contribution is -0.138. The first kappa shape index (κ1) is 14.2. The van der Waals surface area contributed by atoms with Gasteiger partial charge < -0.3 is 0 Å². The van der Waals surface area contributed by atoms with Crippen LogP contribution in [0.3, 0.4) is 0 Å². The van der Waals surface area contributed by atoms with E-state index in [2.05, 4.69) is 26.9 Å². The molecule has 0 radical (unpaired) electrons. The maximum atomic E-state index is 12.6. The van der Waals surface area contributed by atoms with Gasteiger partial charge in [0.25, 0.3) is 0 Å². The predicted octanol–water partition coefficient (Wildman–Crippen LogP) is 3.81. The highest BCUT2D eigenvalue weighted by atomic mass is 35.5. The van der Waals surface area contributed by atoms with Gasteiger partial charge in [0.15, 0.2) is 0 Å². The van der Waals surface area contributed by atoms with Gasteiger partial charge in [-0.25, -0.2) is 4.98 Å². The molecule has 0 aromatic carbocycles. The molecule has 0 saturated heterocycles. The summed E-state index contributed by atoms with van der Waals surface area (Å²) in [6.45, 7) is 0.101. The Labute approximate surface area is 105 Å². The number of alkyl halides is 3. The molecule has 0 spiro atoms. The Morgan fingerprint density at radius 1 is 1.50 bits per heavy atom. The zero-order valence-corrected chi connectivity index (χ0v) is 9.63. The first-order chi connectivity index (χ1) is 8.45. The van der Waals surface area contributed by atoms with Crippen molar-refractivity contribution in [3.8, 4) is 11.8 Å². The van der Waals surface area contributed by atoms with Crippen LogP contribution in [0.1, 0.15) is 17.5 Å². The van der Waals surface area contributed by atoms with Crippen LogP contribution >= 0.6 is 11.6 Å². The fourth-order valence-electron chi connectivity index (χ4n) is 1.07. The van der Waals surface area contributed by atoms with Crippen molar-refractivity contribution < 1.29 is 13.2 Å². The minimum atomic E-state index is -4.54. The molecule has 0 saturated carbocycles. The third-order valence-corrected chi connectivity index (χ3v) is 2.01. The van der Waals surface area contributed by atoms with E-state index in [1.165, 1.54) is 0 Å². The van der Waals surface area contributed by atoms with Crippen molar-refractivity contribution in [1.82, 2.24) is 4.98 Å². The Bertz CT molecular complexity index is 538. The Morgan fingerprint density at radius 3 is 2.83 bits per heavy atom. The summed E-state index contributed by atoms with van der Waals surface area (Å²) in [6.07, 6.45) is -3.73. The second-order valence-corrected chi connectivity index (χ2v) is 3.44. The largest absolute Gasteiger partial charge is 0.419 e. The van der Waals surface area contributed by atoms with Crippen LogP contribution in [0.4, 0.5) is 13.2 Å². The van der Waals surface area contributed by atoms with Crippen molar-refractivity contribution in [2.24, 2.45) is 5.11 Å². The molecule has 0 aliphatic rings. The quantitative estimate of drug-likeness (QED) is 0.202. The lowest BCUT2D eigenvalue weighted by atomic mass is 10.1. The van der Waals surface area contributed by atoms with Crippen LogP contribution in [0, 0.1) is 11.8 Å². The van der Waals surface area contributed by atoms with Gasteiger partial charge in [-0.1, -0.05) is 28.6 Å². The molecule has 0 amide bonds. The summed E-state index contributed by atoms with van der Waals surface area (Å²) in [5, 5.41) is 3.14. The smallest absolute Gasteiger partial charge is 0.244 e. The molecular formula is C10H6ClF3N4. The number of nitrogens with zero attached hydrogens (tertiary/aromatic N) is 4. The Kier molecular flexibility index (Phi) is 4.84. The first-order valence-corrected chi connectivity index (χ1v) is 5.05. The zero-order valence-electron chi connectivity index (χ0n) is 8.87. The molecule has 0 N–H and O–H groups in total. The molecule has 1 aromatic heterocycles. The van der Waals surface area contributed by atoms with Crippen LogP contribution in [-0.2, 0) is 6.18 Å². The fourth-order valence-corrected chi connectivity index (χ4v) is 1.23. The Morgan fingerprint density at radius 2 is 2.22 bits per heavy atom. The summed E-state index contributed by atoms with van der Waals surface area (Å²) in [5.74, 6) is 4.82. The van der Waals surface area contributed by atoms with E-state index in [1.807, 2.05) is 0 Å². The number of azide groups is 1. The number of hydrogen-bond acceptors (Lipinski definition) is 2. The topological polar surface area (TPSA) is 61.7 Å². The van der Waals surface area contributed by atoms with Crippen molar-refractivity contribution in [2.45, 2.75) is 12.6 Å². The summed E-state index contributed by atoms with van der Waals surface area (Å²) < 4.78 is 37.8. The number of pyridine rings is 1. The molecule has 18 heavy (non-hydrogen) atoms. The second-order valence-electron chi connectivity index (χ2n) is 3.06. The molecule has 0 fully saturated rings. The van der Waals surface area contributed by atoms with Gasteiger partial charge >= 0.3 is 6.18 Å². The van der Waals surface area contributed by atoms with E-state index in [-0.39, 0.29) is 23.7 Å². The fraction of sp³-hybridized carbons (Fsp3) is 0.300. The SMILES string of the molecule is [N-]=[N+]=NCCC#Cc1cc(Cl)ncc1C(F)(F)F. The van der Waals surface area contributed by atoms with Crippen LogP contribution in [0.2, 0.25) is 5.15 Å². The monoisotopic (exact) mass is 274 g/mol. The molecule has 4 nitrogen and oxygen atoms in total.